The molecule has 7 nitrogen and oxygen atoms in total. The molecular formula is C18H20ClFN4O3. The number of halogens is 2. The molecule has 1 saturated carbocycles. The number of benzene rings is 1. The molecule has 0 bridgehead atoms. The lowest BCUT2D eigenvalue weighted by molar-refractivity contribution is 0.0207. The summed E-state index contributed by atoms with van der Waals surface area (Å²) in [5.41, 5.74) is 3.30. The molecule has 0 aliphatic heterocycles. The van der Waals surface area contributed by atoms with Crippen LogP contribution < -0.4 is 5.48 Å². The molecule has 5 N–H and O–H groups in total. The standard InChI is InChI=1S/C12H15ClO2.C6H5FN4O/c13-10-4-1-8(2-5-10)7-9-3-6-11(14)12(9)15;7-3-1-8-5-4(3)6(11-12)10-2-9-5/h1-2,4-5,9,11-12,14-15H,3,6-7H2;1-2,12H,(H2,8,9,10,11). The Morgan fingerprint density at radius 2 is 1.93 bits per heavy atom. The smallest absolute Gasteiger partial charge is 0.165 e. The van der Waals surface area contributed by atoms with Crippen molar-refractivity contribution >= 4 is 28.5 Å². The second-order valence-electron chi connectivity index (χ2n) is 6.42. The number of fused-ring (bicyclic) bond motifs is 1. The van der Waals surface area contributed by atoms with Crippen molar-refractivity contribution in [1.82, 2.24) is 15.0 Å². The van der Waals surface area contributed by atoms with Gasteiger partial charge in [-0.1, -0.05) is 23.7 Å². The molecule has 3 unspecified atom stereocenters. The van der Waals surface area contributed by atoms with E-state index in [2.05, 4.69) is 15.0 Å². The Morgan fingerprint density at radius 3 is 2.56 bits per heavy atom. The molecule has 2 aromatic heterocycles. The quantitative estimate of drug-likeness (QED) is 0.436. The summed E-state index contributed by atoms with van der Waals surface area (Å²) in [6, 6.07) is 7.66. The summed E-state index contributed by atoms with van der Waals surface area (Å²) in [5.74, 6) is -0.262. The van der Waals surface area contributed by atoms with E-state index in [0.29, 0.717) is 12.1 Å². The molecular weight excluding hydrogens is 375 g/mol. The Labute approximate surface area is 159 Å². The van der Waals surface area contributed by atoms with Crippen molar-refractivity contribution < 1.29 is 19.8 Å². The van der Waals surface area contributed by atoms with E-state index in [4.69, 9.17) is 16.8 Å². The first kappa shape index (κ1) is 19.5. The zero-order valence-electron chi connectivity index (χ0n) is 14.3. The van der Waals surface area contributed by atoms with Gasteiger partial charge in [0.2, 0.25) is 0 Å². The number of aromatic amines is 1. The fourth-order valence-electron chi connectivity index (χ4n) is 3.20. The molecule has 0 spiro atoms. The summed E-state index contributed by atoms with van der Waals surface area (Å²) in [6.07, 6.45) is 3.68. The lowest BCUT2D eigenvalue weighted by Crippen LogP contribution is -2.26. The normalized spacial score (nSPS) is 21.7. The summed E-state index contributed by atoms with van der Waals surface area (Å²) in [4.78, 5) is 9.96. The van der Waals surface area contributed by atoms with E-state index in [1.54, 1.807) is 5.48 Å². The first-order valence-corrected chi connectivity index (χ1v) is 8.85. The Balaban J connectivity index is 0.000000159. The molecule has 144 valence electrons. The highest BCUT2D eigenvalue weighted by molar-refractivity contribution is 6.30. The summed E-state index contributed by atoms with van der Waals surface area (Å²) in [5, 5.41) is 28.6. The third-order valence-electron chi connectivity index (χ3n) is 4.65. The van der Waals surface area contributed by atoms with Gasteiger partial charge in [0.25, 0.3) is 0 Å². The van der Waals surface area contributed by atoms with E-state index in [1.165, 1.54) is 6.33 Å². The summed E-state index contributed by atoms with van der Waals surface area (Å²) in [7, 11) is 0. The summed E-state index contributed by atoms with van der Waals surface area (Å²) in [6.45, 7) is 0. The van der Waals surface area contributed by atoms with Crippen molar-refractivity contribution in [3.63, 3.8) is 0 Å². The third-order valence-corrected chi connectivity index (χ3v) is 4.90. The molecule has 2 heterocycles. The number of hydrogen-bond donors (Lipinski definition) is 5. The SMILES string of the molecule is OC1CCC(Cc2ccc(Cl)cc2)C1O.ONc1ncnc2[nH]cc(F)c12. The molecule has 1 aliphatic carbocycles. The molecule has 27 heavy (non-hydrogen) atoms. The van der Waals surface area contributed by atoms with Crippen molar-refractivity contribution in [1.29, 1.82) is 0 Å². The maximum atomic E-state index is 12.9. The molecule has 4 rings (SSSR count). The van der Waals surface area contributed by atoms with Crippen LogP contribution in [0.5, 0.6) is 0 Å². The van der Waals surface area contributed by atoms with Crippen molar-refractivity contribution in [2.24, 2.45) is 5.92 Å². The van der Waals surface area contributed by atoms with Gasteiger partial charge in [-0.15, -0.1) is 0 Å². The number of rotatable bonds is 3. The number of nitrogens with one attached hydrogen (secondary N) is 2. The Morgan fingerprint density at radius 1 is 1.19 bits per heavy atom. The monoisotopic (exact) mass is 394 g/mol. The second kappa shape index (κ2) is 8.62. The fraction of sp³-hybridized carbons (Fsp3) is 0.333. The number of H-pyrrole nitrogens is 1. The maximum absolute atomic E-state index is 12.9. The van der Waals surface area contributed by atoms with Crippen LogP contribution in [-0.4, -0.2) is 42.6 Å². The van der Waals surface area contributed by atoms with Crippen molar-refractivity contribution in [3.8, 4) is 0 Å². The highest BCUT2D eigenvalue weighted by Gasteiger charge is 2.32. The van der Waals surface area contributed by atoms with Crippen LogP contribution >= 0.6 is 11.6 Å². The zero-order chi connectivity index (χ0) is 19.4. The van der Waals surface area contributed by atoms with Crippen LogP contribution in [0.3, 0.4) is 0 Å². The first-order valence-electron chi connectivity index (χ1n) is 8.48. The van der Waals surface area contributed by atoms with Gasteiger partial charge >= 0.3 is 0 Å². The summed E-state index contributed by atoms with van der Waals surface area (Å²) >= 11 is 5.79. The van der Waals surface area contributed by atoms with Gasteiger partial charge in [0.1, 0.15) is 12.0 Å². The third kappa shape index (κ3) is 4.54. The van der Waals surface area contributed by atoms with Gasteiger partial charge in [-0.05, 0) is 42.9 Å². The van der Waals surface area contributed by atoms with E-state index >= 15 is 0 Å². The number of aliphatic hydroxyl groups is 2. The van der Waals surface area contributed by atoms with Gasteiger partial charge in [0.05, 0.1) is 17.6 Å². The van der Waals surface area contributed by atoms with Gasteiger partial charge in [0.15, 0.2) is 11.6 Å². The van der Waals surface area contributed by atoms with E-state index in [-0.39, 0.29) is 17.1 Å². The minimum absolute atomic E-state index is 0.0544. The molecule has 0 radical (unpaired) electrons. The number of nitrogens with zero attached hydrogens (tertiary/aromatic N) is 2. The largest absolute Gasteiger partial charge is 0.390 e. The molecule has 9 heteroatoms. The Bertz CT molecular complexity index is 890. The average Bonchev–Trinajstić information content (AvgIpc) is 3.21. The lowest BCUT2D eigenvalue weighted by Gasteiger charge is -2.16. The minimum atomic E-state index is -0.569. The van der Waals surface area contributed by atoms with Crippen LogP contribution in [0.2, 0.25) is 5.02 Å². The molecule has 3 aromatic rings. The predicted molar refractivity (Wildman–Crippen MR) is 99.1 cm³/mol. The zero-order valence-corrected chi connectivity index (χ0v) is 15.1. The van der Waals surface area contributed by atoms with E-state index in [9.17, 15) is 14.6 Å². The lowest BCUT2D eigenvalue weighted by atomic mass is 9.96. The van der Waals surface area contributed by atoms with Crippen molar-refractivity contribution in [3.05, 3.63) is 53.2 Å². The number of aliphatic hydroxyl groups excluding tert-OH is 2. The maximum Gasteiger partial charge on any atom is 0.165 e. The Hall–Kier alpha value is -2.26. The number of anilines is 1. The van der Waals surface area contributed by atoms with Crippen LogP contribution in [0.15, 0.2) is 36.8 Å². The van der Waals surface area contributed by atoms with Crippen LogP contribution in [0, 0.1) is 11.7 Å². The van der Waals surface area contributed by atoms with Crippen molar-refractivity contribution in [2.75, 3.05) is 5.48 Å². The van der Waals surface area contributed by atoms with Gasteiger partial charge in [-0.25, -0.2) is 14.4 Å². The Kier molecular flexibility index (Phi) is 6.22. The minimum Gasteiger partial charge on any atom is -0.390 e. The van der Waals surface area contributed by atoms with Gasteiger partial charge in [-0.2, -0.15) is 0 Å². The van der Waals surface area contributed by atoms with E-state index in [0.717, 1.165) is 29.6 Å². The second-order valence-corrected chi connectivity index (χ2v) is 6.86. The highest BCUT2D eigenvalue weighted by atomic mass is 35.5. The van der Waals surface area contributed by atoms with Crippen LogP contribution in [-0.2, 0) is 6.42 Å². The van der Waals surface area contributed by atoms with Crippen LogP contribution in [0.25, 0.3) is 11.0 Å². The molecule has 1 aliphatic rings. The van der Waals surface area contributed by atoms with E-state index in [1.807, 2.05) is 24.3 Å². The topological polar surface area (TPSA) is 114 Å². The highest BCUT2D eigenvalue weighted by Crippen LogP contribution is 2.29. The molecule has 1 fully saturated rings. The number of hydrogen-bond acceptors (Lipinski definition) is 6. The van der Waals surface area contributed by atoms with E-state index < -0.39 is 18.0 Å². The molecule has 0 saturated heterocycles. The van der Waals surface area contributed by atoms with Gasteiger partial charge < -0.3 is 15.2 Å². The summed E-state index contributed by atoms with van der Waals surface area (Å²) < 4.78 is 12.9. The van der Waals surface area contributed by atoms with Crippen molar-refractivity contribution in [2.45, 2.75) is 31.5 Å². The fourth-order valence-corrected chi connectivity index (χ4v) is 3.32. The van der Waals surface area contributed by atoms with Gasteiger partial charge in [0, 0.05) is 11.2 Å². The number of aromatic nitrogens is 3. The predicted octanol–water partition coefficient (Wildman–Crippen LogP) is 2.91. The molecule has 0 amide bonds. The molecule has 1 aromatic carbocycles. The first-order chi connectivity index (χ1) is 13.0. The average molecular weight is 395 g/mol. The van der Waals surface area contributed by atoms with Crippen LogP contribution in [0.1, 0.15) is 18.4 Å². The molecule has 3 atom stereocenters. The van der Waals surface area contributed by atoms with Gasteiger partial charge in [-0.3, -0.25) is 10.7 Å². The van der Waals surface area contributed by atoms with Crippen LogP contribution in [0.4, 0.5) is 10.2 Å².